The van der Waals surface area contributed by atoms with Crippen molar-refractivity contribution in [3.05, 3.63) is 12.2 Å². The molecular formula is C31H51NO3. The van der Waals surface area contributed by atoms with E-state index in [1.165, 1.54) is 24.8 Å². The van der Waals surface area contributed by atoms with Crippen LogP contribution in [-0.2, 0) is 4.79 Å². The van der Waals surface area contributed by atoms with Crippen LogP contribution in [0.2, 0.25) is 0 Å². The van der Waals surface area contributed by atoms with Crippen molar-refractivity contribution in [2.75, 3.05) is 13.7 Å². The molecule has 198 valence electrons. The number of rotatable bonds is 3. The van der Waals surface area contributed by atoms with E-state index in [-0.39, 0.29) is 34.2 Å². The number of carbonyl (C=O) groups is 1. The maximum atomic E-state index is 13.5. The van der Waals surface area contributed by atoms with Crippen LogP contribution in [0.3, 0.4) is 0 Å². The number of fused-ring (bicyclic) bond motifs is 7. The molecule has 2 unspecified atom stereocenters. The largest absolute Gasteiger partial charge is 0.396 e. The van der Waals surface area contributed by atoms with Crippen molar-refractivity contribution in [3.63, 3.8) is 0 Å². The predicted octanol–water partition coefficient (Wildman–Crippen LogP) is 5.72. The first-order valence-electron chi connectivity index (χ1n) is 14.5. The average molecular weight is 486 g/mol. The number of aliphatic hydroxyl groups is 2. The van der Waals surface area contributed by atoms with Crippen molar-refractivity contribution in [1.29, 1.82) is 0 Å². The van der Waals surface area contributed by atoms with Gasteiger partial charge in [-0.25, -0.2) is 0 Å². The molecule has 1 amide bonds. The number of hydrogen-bond donors (Lipinski definition) is 3. The third kappa shape index (κ3) is 3.02. The van der Waals surface area contributed by atoms with Gasteiger partial charge in [-0.05, 0) is 117 Å². The Morgan fingerprint density at radius 1 is 0.914 bits per heavy atom. The standard InChI is InChI=1S/C31H51NO3/c1-19(2)20-10-15-31(26(35)32-7)17-16-29(5)21(25(20)31)8-9-23-27(3)13-12-24(34)28(4,18-33)22(27)11-14-30(23,29)6/h20-25,33-34H,1,8-18H2,2-7H3,(H,32,35)/t20-,21?,22+,23+,24?,25+,27-,28-,29+,30+,31-/m0/s1. The Bertz CT molecular complexity index is 902. The highest BCUT2D eigenvalue weighted by molar-refractivity contribution is 5.83. The molecule has 0 bridgehead atoms. The van der Waals surface area contributed by atoms with Gasteiger partial charge in [0, 0.05) is 12.5 Å². The Hall–Kier alpha value is -0.870. The van der Waals surface area contributed by atoms with E-state index in [0.717, 1.165) is 44.9 Å². The molecule has 0 heterocycles. The van der Waals surface area contributed by atoms with Crippen LogP contribution in [-0.4, -0.2) is 35.9 Å². The normalized spacial score (nSPS) is 55.2. The van der Waals surface area contributed by atoms with Crippen LogP contribution >= 0.6 is 0 Å². The zero-order chi connectivity index (χ0) is 25.6. The molecule has 4 nitrogen and oxygen atoms in total. The van der Waals surface area contributed by atoms with Crippen molar-refractivity contribution in [2.45, 2.75) is 105 Å². The van der Waals surface area contributed by atoms with Crippen molar-refractivity contribution in [3.8, 4) is 0 Å². The fourth-order valence-corrected chi connectivity index (χ4v) is 11.8. The quantitative estimate of drug-likeness (QED) is 0.448. The van der Waals surface area contributed by atoms with Crippen LogP contribution in [0, 0.1) is 56.7 Å². The van der Waals surface area contributed by atoms with Crippen LogP contribution in [0.1, 0.15) is 98.8 Å². The number of carbonyl (C=O) groups excluding carboxylic acids is 1. The topological polar surface area (TPSA) is 69.6 Å². The second-order valence-corrected chi connectivity index (χ2v) is 14.6. The SMILES string of the molecule is C=C(C)[C@@H]1CC[C@]2(C(=O)NC)CC[C@]3(C)C(CC[C@@H]4[C@@]5(C)CCC(O)[C@@](C)(CO)[C@@H]5CC[C@]43C)[C@@H]12. The summed E-state index contributed by atoms with van der Waals surface area (Å²) in [6.45, 7) is 16.5. The summed E-state index contributed by atoms with van der Waals surface area (Å²) in [6, 6.07) is 0. The van der Waals surface area contributed by atoms with Gasteiger partial charge in [-0.3, -0.25) is 4.79 Å². The molecule has 5 rings (SSSR count). The highest BCUT2D eigenvalue weighted by Crippen LogP contribution is 2.77. The number of nitrogens with one attached hydrogen (secondary N) is 1. The molecule has 5 fully saturated rings. The molecule has 0 spiro atoms. The van der Waals surface area contributed by atoms with E-state index in [1.54, 1.807) is 0 Å². The van der Waals surface area contributed by atoms with E-state index in [2.05, 4.69) is 46.5 Å². The second-order valence-electron chi connectivity index (χ2n) is 14.6. The Kier molecular flexibility index (Phi) is 5.94. The predicted molar refractivity (Wildman–Crippen MR) is 140 cm³/mol. The van der Waals surface area contributed by atoms with Crippen LogP contribution < -0.4 is 5.32 Å². The summed E-state index contributed by atoms with van der Waals surface area (Å²) in [5.41, 5.74) is 1.22. The first-order chi connectivity index (χ1) is 16.4. The van der Waals surface area contributed by atoms with Crippen LogP contribution in [0.25, 0.3) is 0 Å². The first-order valence-corrected chi connectivity index (χ1v) is 14.5. The molecule has 0 radical (unpaired) electrons. The van der Waals surface area contributed by atoms with Crippen LogP contribution in [0.4, 0.5) is 0 Å². The fourth-order valence-electron chi connectivity index (χ4n) is 11.8. The molecule has 0 aromatic heterocycles. The lowest BCUT2D eigenvalue weighted by molar-refractivity contribution is -0.252. The van der Waals surface area contributed by atoms with Crippen molar-refractivity contribution in [2.24, 2.45) is 56.7 Å². The summed E-state index contributed by atoms with van der Waals surface area (Å²) in [5.74, 6) is 2.65. The molecule has 0 aromatic rings. The van der Waals surface area contributed by atoms with Crippen molar-refractivity contribution in [1.82, 2.24) is 5.32 Å². The second kappa shape index (κ2) is 8.06. The summed E-state index contributed by atoms with van der Waals surface area (Å²) in [5, 5.41) is 24.5. The number of allylic oxidation sites excluding steroid dienone is 1. The lowest BCUT2D eigenvalue weighted by Crippen LogP contribution is -2.68. The Morgan fingerprint density at radius 3 is 2.26 bits per heavy atom. The minimum absolute atomic E-state index is 0.0781. The van der Waals surface area contributed by atoms with Gasteiger partial charge < -0.3 is 15.5 Å². The average Bonchev–Trinajstić information content (AvgIpc) is 3.23. The van der Waals surface area contributed by atoms with Gasteiger partial charge in [-0.1, -0.05) is 39.8 Å². The van der Waals surface area contributed by atoms with E-state index in [4.69, 9.17) is 0 Å². The summed E-state index contributed by atoms with van der Waals surface area (Å²) in [7, 11) is 1.83. The Morgan fingerprint density at radius 2 is 1.63 bits per heavy atom. The Balaban J connectivity index is 1.56. The molecule has 0 aliphatic heterocycles. The van der Waals surface area contributed by atoms with Gasteiger partial charge in [0.2, 0.25) is 5.91 Å². The highest BCUT2D eigenvalue weighted by atomic mass is 16.3. The zero-order valence-corrected chi connectivity index (χ0v) is 23.3. The van der Waals surface area contributed by atoms with Crippen molar-refractivity contribution >= 4 is 5.91 Å². The van der Waals surface area contributed by atoms with E-state index >= 15 is 0 Å². The third-order valence-electron chi connectivity index (χ3n) is 13.9. The first kappa shape index (κ1) is 25.8. The monoisotopic (exact) mass is 485 g/mol. The molecule has 3 N–H and O–H groups in total. The number of amides is 1. The maximum Gasteiger partial charge on any atom is 0.226 e. The van der Waals surface area contributed by atoms with Gasteiger partial charge in [0.15, 0.2) is 0 Å². The molecule has 5 saturated carbocycles. The third-order valence-corrected chi connectivity index (χ3v) is 13.9. The lowest BCUT2D eigenvalue weighted by Gasteiger charge is -2.73. The minimum Gasteiger partial charge on any atom is -0.396 e. The van der Waals surface area contributed by atoms with E-state index in [1.807, 2.05) is 7.05 Å². The Labute approximate surface area is 213 Å². The summed E-state index contributed by atoms with van der Waals surface area (Å²) < 4.78 is 0. The molecule has 0 saturated heterocycles. The van der Waals surface area contributed by atoms with Gasteiger partial charge >= 0.3 is 0 Å². The minimum atomic E-state index is -0.403. The molecule has 5 aliphatic carbocycles. The summed E-state index contributed by atoms with van der Waals surface area (Å²) in [6.07, 6.45) is 10.4. The van der Waals surface area contributed by atoms with E-state index in [0.29, 0.717) is 29.6 Å². The summed E-state index contributed by atoms with van der Waals surface area (Å²) >= 11 is 0. The molecule has 0 aromatic carbocycles. The van der Waals surface area contributed by atoms with Gasteiger partial charge in [0.1, 0.15) is 0 Å². The van der Waals surface area contributed by atoms with Crippen molar-refractivity contribution < 1.29 is 15.0 Å². The highest BCUT2D eigenvalue weighted by Gasteiger charge is 2.72. The molecule has 4 heteroatoms. The lowest BCUT2D eigenvalue weighted by atomic mass is 9.32. The van der Waals surface area contributed by atoms with Crippen LogP contribution in [0.5, 0.6) is 0 Å². The summed E-state index contributed by atoms with van der Waals surface area (Å²) in [4.78, 5) is 13.5. The van der Waals surface area contributed by atoms with Gasteiger partial charge in [0.05, 0.1) is 18.1 Å². The zero-order valence-electron chi connectivity index (χ0n) is 23.3. The molecule has 5 aliphatic rings. The molecule has 35 heavy (non-hydrogen) atoms. The van der Waals surface area contributed by atoms with Gasteiger partial charge in [0.25, 0.3) is 0 Å². The maximum absolute atomic E-state index is 13.5. The van der Waals surface area contributed by atoms with E-state index < -0.39 is 11.5 Å². The number of aliphatic hydroxyl groups excluding tert-OH is 2. The van der Waals surface area contributed by atoms with Gasteiger partial charge in [-0.15, -0.1) is 0 Å². The molecular weight excluding hydrogens is 434 g/mol. The smallest absolute Gasteiger partial charge is 0.226 e. The molecule has 11 atom stereocenters. The number of hydrogen-bond acceptors (Lipinski definition) is 3. The fraction of sp³-hybridized carbons (Fsp3) is 0.903. The van der Waals surface area contributed by atoms with Crippen LogP contribution in [0.15, 0.2) is 12.2 Å². The van der Waals surface area contributed by atoms with E-state index in [9.17, 15) is 15.0 Å². The van der Waals surface area contributed by atoms with Gasteiger partial charge in [-0.2, -0.15) is 0 Å².